The molecule has 0 atom stereocenters. The van der Waals surface area contributed by atoms with Gasteiger partial charge in [0, 0.05) is 40.9 Å². The SMILES string of the molecule is O=C(Nc1ccn(-c2ccccc2)n1)c1ccc(SCc2cn3ccccc3n2)cc1. The third-order valence-corrected chi connectivity index (χ3v) is 5.81. The standard InChI is InChI=1S/C24H19N5OS/c30-24(26-22-13-15-29(27-22)20-6-2-1-3-7-20)18-9-11-21(12-10-18)31-17-19-16-28-14-5-4-8-23(28)25-19/h1-16H,17H2,(H,26,27,30). The predicted molar refractivity (Wildman–Crippen MR) is 123 cm³/mol. The molecule has 31 heavy (non-hydrogen) atoms. The van der Waals surface area contributed by atoms with Gasteiger partial charge in [-0.25, -0.2) is 9.67 Å². The first kappa shape index (κ1) is 19.1. The van der Waals surface area contributed by atoms with E-state index in [9.17, 15) is 4.79 Å². The fourth-order valence-corrected chi connectivity index (χ4v) is 4.00. The summed E-state index contributed by atoms with van der Waals surface area (Å²) >= 11 is 1.69. The van der Waals surface area contributed by atoms with E-state index >= 15 is 0 Å². The maximum absolute atomic E-state index is 12.6. The maximum Gasteiger partial charge on any atom is 0.256 e. The first-order valence-electron chi connectivity index (χ1n) is 9.82. The molecule has 0 bridgehead atoms. The molecule has 152 valence electrons. The monoisotopic (exact) mass is 425 g/mol. The second-order valence-electron chi connectivity index (χ2n) is 6.95. The molecule has 7 heteroatoms. The van der Waals surface area contributed by atoms with Gasteiger partial charge in [0.2, 0.25) is 0 Å². The molecule has 0 spiro atoms. The molecule has 1 amide bonds. The number of fused-ring (bicyclic) bond motifs is 1. The number of hydrogen-bond donors (Lipinski definition) is 1. The van der Waals surface area contributed by atoms with Crippen LogP contribution in [0.15, 0.2) is 102 Å². The molecule has 5 rings (SSSR count). The van der Waals surface area contributed by atoms with Gasteiger partial charge < -0.3 is 9.72 Å². The van der Waals surface area contributed by atoms with Gasteiger partial charge in [-0.2, -0.15) is 5.10 Å². The Morgan fingerprint density at radius 2 is 1.71 bits per heavy atom. The van der Waals surface area contributed by atoms with Crippen molar-refractivity contribution in [3.8, 4) is 5.69 Å². The molecule has 2 aromatic carbocycles. The molecule has 1 N–H and O–H groups in total. The number of pyridine rings is 1. The quantitative estimate of drug-likeness (QED) is 0.386. The van der Waals surface area contributed by atoms with E-state index < -0.39 is 0 Å². The van der Waals surface area contributed by atoms with E-state index in [-0.39, 0.29) is 5.91 Å². The maximum atomic E-state index is 12.6. The van der Waals surface area contributed by atoms with Crippen LogP contribution in [-0.4, -0.2) is 25.1 Å². The van der Waals surface area contributed by atoms with Gasteiger partial charge in [-0.3, -0.25) is 4.79 Å². The van der Waals surface area contributed by atoms with Gasteiger partial charge in [0.1, 0.15) is 5.65 Å². The number of carbonyl (C=O) groups is 1. The molecular weight excluding hydrogens is 406 g/mol. The normalized spacial score (nSPS) is 11.0. The Morgan fingerprint density at radius 3 is 2.52 bits per heavy atom. The van der Waals surface area contributed by atoms with Gasteiger partial charge in [-0.15, -0.1) is 11.8 Å². The minimum atomic E-state index is -0.185. The summed E-state index contributed by atoms with van der Waals surface area (Å²) in [5.74, 6) is 1.10. The molecule has 0 fully saturated rings. The molecule has 0 aliphatic heterocycles. The minimum Gasteiger partial charge on any atom is -0.307 e. The lowest BCUT2D eigenvalue weighted by Crippen LogP contribution is -2.12. The van der Waals surface area contributed by atoms with Crippen LogP contribution in [0.3, 0.4) is 0 Å². The van der Waals surface area contributed by atoms with Crippen LogP contribution in [0.25, 0.3) is 11.3 Å². The van der Waals surface area contributed by atoms with E-state index in [0.717, 1.165) is 27.7 Å². The van der Waals surface area contributed by atoms with Crippen LogP contribution in [0.1, 0.15) is 16.1 Å². The molecule has 3 heterocycles. The molecular formula is C24H19N5OS. The molecule has 0 aliphatic carbocycles. The van der Waals surface area contributed by atoms with Crippen molar-refractivity contribution in [2.24, 2.45) is 0 Å². The number of thioether (sulfide) groups is 1. The van der Waals surface area contributed by atoms with Crippen LogP contribution in [0.5, 0.6) is 0 Å². The Morgan fingerprint density at radius 1 is 0.903 bits per heavy atom. The predicted octanol–water partition coefficient (Wildman–Crippen LogP) is 5.06. The van der Waals surface area contributed by atoms with E-state index in [1.54, 1.807) is 22.5 Å². The number of nitrogens with one attached hydrogen (secondary N) is 1. The average molecular weight is 426 g/mol. The van der Waals surface area contributed by atoms with Crippen molar-refractivity contribution in [3.05, 3.63) is 109 Å². The van der Waals surface area contributed by atoms with Crippen molar-refractivity contribution in [2.75, 3.05) is 5.32 Å². The zero-order chi connectivity index (χ0) is 21.0. The first-order chi connectivity index (χ1) is 15.2. The number of carbonyl (C=O) groups excluding carboxylic acids is 1. The van der Waals surface area contributed by atoms with Crippen LogP contribution in [0.4, 0.5) is 5.82 Å². The van der Waals surface area contributed by atoms with Crippen molar-refractivity contribution in [3.63, 3.8) is 0 Å². The summed E-state index contributed by atoms with van der Waals surface area (Å²) in [4.78, 5) is 18.3. The third kappa shape index (κ3) is 4.36. The number of anilines is 1. The summed E-state index contributed by atoms with van der Waals surface area (Å²) in [6, 6.07) is 25.1. The van der Waals surface area contributed by atoms with Gasteiger partial charge in [-0.05, 0) is 48.5 Å². The van der Waals surface area contributed by atoms with Crippen LogP contribution in [-0.2, 0) is 5.75 Å². The van der Waals surface area contributed by atoms with Crippen molar-refractivity contribution < 1.29 is 4.79 Å². The topological polar surface area (TPSA) is 64.2 Å². The lowest BCUT2D eigenvalue weighted by Gasteiger charge is -2.04. The number of imidazole rings is 1. The Bertz CT molecular complexity index is 1290. The van der Waals surface area contributed by atoms with E-state index in [1.807, 2.05) is 95.8 Å². The number of benzene rings is 2. The molecule has 5 aromatic rings. The van der Waals surface area contributed by atoms with Crippen molar-refractivity contribution in [1.29, 1.82) is 0 Å². The fourth-order valence-electron chi connectivity index (χ4n) is 3.22. The van der Waals surface area contributed by atoms with Crippen LogP contribution in [0.2, 0.25) is 0 Å². The average Bonchev–Trinajstić information content (AvgIpc) is 3.45. The Labute approximate surface area is 183 Å². The molecule has 0 saturated carbocycles. The highest BCUT2D eigenvalue weighted by Crippen LogP contribution is 2.23. The summed E-state index contributed by atoms with van der Waals surface area (Å²) in [5, 5.41) is 7.27. The van der Waals surface area contributed by atoms with Crippen LogP contribution < -0.4 is 5.32 Å². The van der Waals surface area contributed by atoms with E-state index in [4.69, 9.17) is 0 Å². The summed E-state index contributed by atoms with van der Waals surface area (Å²) in [6.45, 7) is 0. The largest absolute Gasteiger partial charge is 0.307 e. The summed E-state index contributed by atoms with van der Waals surface area (Å²) in [7, 11) is 0. The van der Waals surface area contributed by atoms with Crippen LogP contribution >= 0.6 is 11.8 Å². The molecule has 0 saturated heterocycles. The second kappa shape index (κ2) is 8.49. The van der Waals surface area contributed by atoms with E-state index in [2.05, 4.69) is 15.4 Å². The Kier molecular flexibility index (Phi) is 5.24. The fraction of sp³-hybridized carbons (Fsp3) is 0.0417. The number of aromatic nitrogens is 4. The van der Waals surface area contributed by atoms with Crippen molar-refractivity contribution in [1.82, 2.24) is 19.2 Å². The highest BCUT2D eigenvalue weighted by atomic mass is 32.2. The molecule has 0 aliphatic rings. The third-order valence-electron chi connectivity index (χ3n) is 4.77. The van der Waals surface area contributed by atoms with Gasteiger partial charge in [-0.1, -0.05) is 24.3 Å². The number of amides is 1. The molecule has 6 nitrogen and oxygen atoms in total. The molecule has 0 unspecified atom stereocenters. The smallest absolute Gasteiger partial charge is 0.256 e. The summed E-state index contributed by atoms with van der Waals surface area (Å²) < 4.78 is 3.75. The summed E-state index contributed by atoms with van der Waals surface area (Å²) in [6.07, 6.45) is 5.86. The zero-order valence-electron chi connectivity index (χ0n) is 16.6. The highest BCUT2D eigenvalue weighted by Gasteiger charge is 2.09. The van der Waals surface area contributed by atoms with Crippen LogP contribution in [0, 0.1) is 0 Å². The first-order valence-corrected chi connectivity index (χ1v) is 10.8. The Balaban J connectivity index is 1.20. The lowest BCUT2D eigenvalue weighted by atomic mass is 10.2. The molecule has 3 aromatic heterocycles. The van der Waals surface area contributed by atoms with E-state index in [0.29, 0.717) is 11.4 Å². The van der Waals surface area contributed by atoms with Crippen molar-refractivity contribution >= 4 is 29.1 Å². The zero-order valence-corrected chi connectivity index (χ0v) is 17.4. The van der Waals surface area contributed by atoms with Crippen molar-refractivity contribution in [2.45, 2.75) is 10.6 Å². The van der Waals surface area contributed by atoms with E-state index in [1.165, 1.54) is 0 Å². The van der Waals surface area contributed by atoms with Gasteiger partial charge in [0.15, 0.2) is 5.82 Å². The van der Waals surface area contributed by atoms with Gasteiger partial charge in [0.05, 0.1) is 11.4 Å². The molecule has 0 radical (unpaired) electrons. The summed E-state index contributed by atoms with van der Waals surface area (Å²) in [5.41, 5.74) is 3.49. The van der Waals surface area contributed by atoms with Gasteiger partial charge in [0.25, 0.3) is 5.91 Å². The number of rotatable bonds is 6. The second-order valence-corrected chi connectivity index (χ2v) is 8.00. The Hall–Kier alpha value is -3.84. The lowest BCUT2D eigenvalue weighted by molar-refractivity contribution is 0.102. The number of para-hydroxylation sites is 1. The highest BCUT2D eigenvalue weighted by molar-refractivity contribution is 7.98. The minimum absolute atomic E-state index is 0.185. The number of hydrogen-bond acceptors (Lipinski definition) is 4. The number of nitrogens with zero attached hydrogens (tertiary/aromatic N) is 4. The van der Waals surface area contributed by atoms with Gasteiger partial charge >= 0.3 is 0 Å².